The van der Waals surface area contributed by atoms with Gasteiger partial charge in [-0.15, -0.1) is 0 Å². The first kappa shape index (κ1) is 11.1. The van der Waals surface area contributed by atoms with E-state index in [0.717, 1.165) is 23.0 Å². The van der Waals surface area contributed by atoms with Crippen LogP contribution in [-0.4, -0.2) is 9.38 Å². The molecule has 0 bridgehead atoms. The van der Waals surface area contributed by atoms with E-state index in [4.69, 9.17) is 11.6 Å². The number of imidazole rings is 1. The highest BCUT2D eigenvalue weighted by atomic mass is 35.5. The molecule has 0 unspecified atom stereocenters. The van der Waals surface area contributed by atoms with Crippen molar-refractivity contribution in [3.05, 3.63) is 65.4 Å². The number of nitrogens with zero attached hydrogens (tertiary/aromatic N) is 2. The van der Waals surface area contributed by atoms with E-state index in [1.54, 1.807) is 6.20 Å². The van der Waals surface area contributed by atoms with Crippen LogP contribution < -0.4 is 5.32 Å². The van der Waals surface area contributed by atoms with E-state index in [0.29, 0.717) is 0 Å². The lowest BCUT2D eigenvalue weighted by atomic mass is 10.2. The predicted octanol–water partition coefficient (Wildman–Crippen LogP) is 3.60. The smallest absolute Gasteiger partial charge is 0.138 e. The summed E-state index contributed by atoms with van der Waals surface area (Å²) >= 11 is 5.86. The molecule has 1 N–H and O–H groups in total. The zero-order chi connectivity index (χ0) is 12.4. The third-order valence-electron chi connectivity index (χ3n) is 2.82. The van der Waals surface area contributed by atoms with E-state index in [-0.39, 0.29) is 0 Å². The molecule has 0 aliphatic heterocycles. The number of halogens is 1. The summed E-state index contributed by atoms with van der Waals surface area (Å²) in [5.74, 6) is 1.03. The highest BCUT2D eigenvalue weighted by molar-refractivity contribution is 6.30. The molecule has 0 saturated heterocycles. The largest absolute Gasteiger partial charge is 0.367 e. The predicted molar refractivity (Wildman–Crippen MR) is 74.0 cm³/mol. The van der Waals surface area contributed by atoms with Crippen molar-refractivity contribution in [1.29, 1.82) is 0 Å². The summed E-state index contributed by atoms with van der Waals surface area (Å²) in [5, 5.41) is 4.15. The molecule has 0 aliphatic rings. The molecule has 0 atom stereocenters. The fraction of sp³-hybridized carbons (Fsp3) is 0.0714. The van der Waals surface area contributed by atoms with Crippen LogP contribution in [0.4, 0.5) is 5.82 Å². The molecule has 2 aromatic heterocycles. The van der Waals surface area contributed by atoms with Crippen molar-refractivity contribution in [2.45, 2.75) is 6.54 Å². The van der Waals surface area contributed by atoms with Crippen LogP contribution in [0.3, 0.4) is 0 Å². The fourth-order valence-electron chi connectivity index (χ4n) is 1.89. The minimum absolute atomic E-state index is 0.758. The van der Waals surface area contributed by atoms with E-state index in [1.807, 2.05) is 53.1 Å². The highest BCUT2D eigenvalue weighted by Crippen LogP contribution is 2.14. The fourth-order valence-corrected chi connectivity index (χ4v) is 2.01. The molecule has 0 spiro atoms. The molecule has 3 rings (SSSR count). The SMILES string of the molecule is Clc1ccc(CNc2cccc3nccn23)cc1. The Balaban J connectivity index is 1.80. The van der Waals surface area contributed by atoms with Gasteiger partial charge < -0.3 is 5.32 Å². The maximum Gasteiger partial charge on any atom is 0.138 e. The average Bonchev–Trinajstić information content (AvgIpc) is 2.87. The maximum atomic E-state index is 5.86. The normalized spacial score (nSPS) is 10.7. The van der Waals surface area contributed by atoms with Crippen molar-refractivity contribution in [3.8, 4) is 0 Å². The molecule has 0 amide bonds. The van der Waals surface area contributed by atoms with Crippen LogP contribution in [0.1, 0.15) is 5.56 Å². The summed E-state index contributed by atoms with van der Waals surface area (Å²) in [7, 11) is 0. The molecular weight excluding hydrogens is 246 g/mol. The summed E-state index contributed by atoms with van der Waals surface area (Å²) < 4.78 is 2.02. The van der Waals surface area contributed by atoms with Gasteiger partial charge in [0.15, 0.2) is 0 Å². The van der Waals surface area contributed by atoms with Crippen molar-refractivity contribution in [2.75, 3.05) is 5.32 Å². The molecule has 0 radical (unpaired) electrons. The van der Waals surface area contributed by atoms with Gasteiger partial charge in [0, 0.05) is 24.0 Å². The van der Waals surface area contributed by atoms with Crippen LogP contribution in [0, 0.1) is 0 Å². The van der Waals surface area contributed by atoms with Gasteiger partial charge in [0.05, 0.1) is 0 Å². The number of rotatable bonds is 3. The van der Waals surface area contributed by atoms with Crippen molar-refractivity contribution < 1.29 is 0 Å². The second-order valence-electron chi connectivity index (χ2n) is 4.05. The van der Waals surface area contributed by atoms with Gasteiger partial charge in [-0.2, -0.15) is 0 Å². The van der Waals surface area contributed by atoms with Crippen molar-refractivity contribution in [1.82, 2.24) is 9.38 Å². The first-order chi connectivity index (χ1) is 8.83. The number of hydrogen-bond donors (Lipinski definition) is 1. The lowest BCUT2D eigenvalue weighted by Crippen LogP contribution is -2.03. The van der Waals surface area contributed by atoms with Gasteiger partial charge in [-0.3, -0.25) is 4.40 Å². The summed E-state index contributed by atoms with van der Waals surface area (Å²) in [6.07, 6.45) is 3.74. The minimum Gasteiger partial charge on any atom is -0.367 e. The van der Waals surface area contributed by atoms with E-state index >= 15 is 0 Å². The second-order valence-corrected chi connectivity index (χ2v) is 4.48. The molecule has 0 saturated carbocycles. The van der Waals surface area contributed by atoms with Gasteiger partial charge in [0.25, 0.3) is 0 Å². The molecule has 0 fully saturated rings. The Bertz CT molecular complexity index is 658. The van der Waals surface area contributed by atoms with Crippen LogP contribution in [0.2, 0.25) is 5.02 Å². The van der Waals surface area contributed by atoms with Crippen LogP contribution in [0.5, 0.6) is 0 Å². The van der Waals surface area contributed by atoms with Crippen molar-refractivity contribution >= 4 is 23.1 Å². The Kier molecular flexibility index (Phi) is 2.90. The van der Waals surface area contributed by atoms with Gasteiger partial charge in [-0.25, -0.2) is 4.98 Å². The molecule has 2 heterocycles. The Morgan fingerprint density at radius 1 is 1.11 bits per heavy atom. The molecule has 4 heteroatoms. The summed E-state index contributed by atoms with van der Waals surface area (Å²) in [5.41, 5.74) is 2.13. The van der Waals surface area contributed by atoms with Crippen LogP contribution >= 0.6 is 11.6 Å². The first-order valence-corrected chi connectivity index (χ1v) is 6.11. The van der Waals surface area contributed by atoms with E-state index in [2.05, 4.69) is 10.3 Å². The number of benzene rings is 1. The molecule has 3 aromatic rings. The number of pyridine rings is 1. The molecule has 18 heavy (non-hydrogen) atoms. The van der Waals surface area contributed by atoms with Crippen molar-refractivity contribution in [2.24, 2.45) is 0 Å². The zero-order valence-corrected chi connectivity index (χ0v) is 10.4. The number of fused-ring (bicyclic) bond motifs is 1. The quantitative estimate of drug-likeness (QED) is 0.777. The number of nitrogens with one attached hydrogen (secondary N) is 1. The summed E-state index contributed by atoms with van der Waals surface area (Å²) in [6, 6.07) is 13.8. The third kappa shape index (κ3) is 2.17. The zero-order valence-electron chi connectivity index (χ0n) is 9.68. The molecule has 90 valence electrons. The van der Waals surface area contributed by atoms with Gasteiger partial charge >= 0.3 is 0 Å². The van der Waals surface area contributed by atoms with E-state index in [9.17, 15) is 0 Å². The van der Waals surface area contributed by atoms with Crippen LogP contribution in [0.25, 0.3) is 5.65 Å². The maximum absolute atomic E-state index is 5.86. The molecule has 1 aromatic carbocycles. The lowest BCUT2D eigenvalue weighted by molar-refractivity contribution is 1.07. The number of hydrogen-bond acceptors (Lipinski definition) is 2. The monoisotopic (exact) mass is 257 g/mol. The van der Waals surface area contributed by atoms with Crippen LogP contribution in [-0.2, 0) is 6.54 Å². The van der Waals surface area contributed by atoms with Crippen LogP contribution in [0.15, 0.2) is 54.9 Å². The number of aromatic nitrogens is 2. The third-order valence-corrected chi connectivity index (χ3v) is 3.07. The molecular formula is C14H12ClN3. The van der Waals surface area contributed by atoms with E-state index in [1.165, 1.54) is 5.56 Å². The molecule has 0 aliphatic carbocycles. The Morgan fingerprint density at radius 3 is 2.78 bits per heavy atom. The Labute approximate surface area is 110 Å². The summed E-state index contributed by atoms with van der Waals surface area (Å²) in [6.45, 7) is 0.758. The highest BCUT2D eigenvalue weighted by Gasteiger charge is 2.00. The second kappa shape index (κ2) is 4.70. The van der Waals surface area contributed by atoms with Crippen molar-refractivity contribution in [3.63, 3.8) is 0 Å². The number of anilines is 1. The minimum atomic E-state index is 0.758. The average molecular weight is 258 g/mol. The Morgan fingerprint density at radius 2 is 1.94 bits per heavy atom. The first-order valence-electron chi connectivity index (χ1n) is 5.73. The van der Waals surface area contributed by atoms with Gasteiger partial charge in [0.1, 0.15) is 11.5 Å². The summed E-state index contributed by atoms with van der Waals surface area (Å²) in [4.78, 5) is 4.25. The standard InChI is InChI=1S/C14H12ClN3/c15-12-6-4-11(5-7-12)10-17-14-3-1-2-13-16-8-9-18(13)14/h1-9,17H,10H2. The van der Waals surface area contributed by atoms with Gasteiger partial charge in [0.2, 0.25) is 0 Å². The topological polar surface area (TPSA) is 29.3 Å². The molecule has 3 nitrogen and oxygen atoms in total. The van der Waals surface area contributed by atoms with E-state index < -0.39 is 0 Å². The lowest BCUT2D eigenvalue weighted by Gasteiger charge is -2.08. The van der Waals surface area contributed by atoms with Gasteiger partial charge in [-0.1, -0.05) is 29.8 Å². The Hall–Kier alpha value is -2.00. The van der Waals surface area contributed by atoms with Gasteiger partial charge in [-0.05, 0) is 29.8 Å².